The Hall–Kier alpha value is -2.32. The van der Waals surface area contributed by atoms with E-state index < -0.39 is 6.10 Å². The predicted molar refractivity (Wildman–Crippen MR) is 88.8 cm³/mol. The van der Waals surface area contributed by atoms with Crippen LogP contribution in [-0.4, -0.2) is 12.0 Å². The van der Waals surface area contributed by atoms with Crippen LogP contribution in [0.2, 0.25) is 0 Å². The lowest BCUT2D eigenvalue weighted by Gasteiger charge is -2.16. The number of hydrogen-bond donors (Lipinski definition) is 1. The molecule has 0 aliphatic rings. The smallest absolute Gasteiger partial charge is 0.265 e. The van der Waals surface area contributed by atoms with Crippen molar-refractivity contribution < 1.29 is 9.53 Å². The van der Waals surface area contributed by atoms with E-state index in [1.165, 1.54) is 0 Å². The molecule has 0 heterocycles. The number of amides is 1. The van der Waals surface area contributed by atoms with Crippen molar-refractivity contribution in [3.63, 3.8) is 0 Å². The van der Waals surface area contributed by atoms with Crippen LogP contribution in [0.5, 0.6) is 5.75 Å². The molecule has 5 heteroatoms. The van der Waals surface area contributed by atoms with E-state index >= 15 is 0 Å². The van der Waals surface area contributed by atoms with Crippen LogP contribution in [0.3, 0.4) is 0 Å². The number of anilines is 1. The van der Waals surface area contributed by atoms with Crippen LogP contribution in [0.25, 0.3) is 0 Å². The Morgan fingerprint density at radius 1 is 1.32 bits per heavy atom. The van der Waals surface area contributed by atoms with Gasteiger partial charge in [0.15, 0.2) is 6.10 Å². The van der Waals surface area contributed by atoms with Crippen LogP contribution in [0.4, 0.5) is 5.69 Å². The van der Waals surface area contributed by atoms with E-state index in [1.807, 2.05) is 31.2 Å². The summed E-state index contributed by atoms with van der Waals surface area (Å²) in [5, 5.41) is 11.7. The summed E-state index contributed by atoms with van der Waals surface area (Å²) in [7, 11) is 0. The van der Waals surface area contributed by atoms with Crippen LogP contribution in [-0.2, 0) is 4.79 Å². The van der Waals surface area contributed by atoms with Gasteiger partial charge in [-0.15, -0.1) is 0 Å². The third-order valence-corrected chi connectivity index (χ3v) is 3.58. The van der Waals surface area contributed by atoms with Crippen molar-refractivity contribution in [2.75, 3.05) is 5.32 Å². The Labute approximate surface area is 137 Å². The van der Waals surface area contributed by atoms with E-state index in [0.29, 0.717) is 11.3 Å². The molecule has 2 aromatic rings. The molecule has 1 N–H and O–H groups in total. The van der Waals surface area contributed by atoms with Crippen molar-refractivity contribution in [2.24, 2.45) is 0 Å². The van der Waals surface area contributed by atoms with Crippen molar-refractivity contribution in [1.82, 2.24) is 0 Å². The second kappa shape index (κ2) is 7.10. The second-order valence-corrected chi connectivity index (χ2v) is 5.76. The van der Waals surface area contributed by atoms with Crippen molar-refractivity contribution in [3.8, 4) is 11.8 Å². The molecule has 1 atom stereocenters. The van der Waals surface area contributed by atoms with Gasteiger partial charge in [0.25, 0.3) is 5.91 Å². The standard InChI is InChI=1S/C17H15BrN2O2/c1-11-8-14(18)6-7-16(11)20-17(21)12(2)22-15-5-3-4-13(9-15)10-19/h3-9,12H,1-2H3,(H,20,21). The van der Waals surface area contributed by atoms with E-state index in [2.05, 4.69) is 21.2 Å². The fraction of sp³-hybridized carbons (Fsp3) is 0.176. The first kappa shape index (κ1) is 16.1. The molecule has 2 rings (SSSR count). The first-order valence-corrected chi connectivity index (χ1v) is 7.52. The minimum atomic E-state index is -0.669. The average Bonchev–Trinajstić information content (AvgIpc) is 2.50. The van der Waals surface area contributed by atoms with Gasteiger partial charge in [-0.1, -0.05) is 22.0 Å². The van der Waals surface area contributed by atoms with Gasteiger partial charge in [-0.05, 0) is 55.8 Å². The summed E-state index contributed by atoms with van der Waals surface area (Å²) < 4.78 is 6.54. The number of ether oxygens (including phenoxy) is 1. The molecule has 1 amide bonds. The second-order valence-electron chi connectivity index (χ2n) is 4.85. The molecule has 0 spiro atoms. The van der Waals surface area contributed by atoms with Crippen LogP contribution in [0.15, 0.2) is 46.9 Å². The predicted octanol–water partition coefficient (Wildman–Crippen LogP) is 4.04. The lowest BCUT2D eigenvalue weighted by atomic mass is 10.2. The number of aryl methyl sites for hydroxylation is 1. The highest BCUT2D eigenvalue weighted by Gasteiger charge is 2.16. The Balaban J connectivity index is 2.04. The number of halogens is 1. The first-order valence-electron chi connectivity index (χ1n) is 6.73. The van der Waals surface area contributed by atoms with Gasteiger partial charge in [-0.25, -0.2) is 0 Å². The first-order chi connectivity index (χ1) is 10.5. The van der Waals surface area contributed by atoms with Gasteiger partial charge in [0.1, 0.15) is 5.75 Å². The zero-order chi connectivity index (χ0) is 16.1. The number of nitrogens with one attached hydrogen (secondary N) is 1. The highest BCUT2D eigenvalue weighted by Crippen LogP contribution is 2.21. The summed E-state index contributed by atoms with van der Waals surface area (Å²) >= 11 is 3.39. The van der Waals surface area contributed by atoms with Gasteiger partial charge in [0.05, 0.1) is 11.6 Å². The van der Waals surface area contributed by atoms with E-state index in [-0.39, 0.29) is 5.91 Å². The van der Waals surface area contributed by atoms with E-state index in [0.717, 1.165) is 15.7 Å². The van der Waals surface area contributed by atoms with Crippen LogP contribution < -0.4 is 10.1 Å². The van der Waals surface area contributed by atoms with E-state index in [9.17, 15) is 4.79 Å². The topological polar surface area (TPSA) is 62.1 Å². The molecule has 4 nitrogen and oxygen atoms in total. The molecule has 0 saturated heterocycles. The van der Waals surface area contributed by atoms with Crippen molar-refractivity contribution in [3.05, 3.63) is 58.1 Å². The van der Waals surface area contributed by atoms with E-state index in [1.54, 1.807) is 31.2 Å². The number of carbonyl (C=O) groups is 1. The zero-order valence-electron chi connectivity index (χ0n) is 12.3. The lowest BCUT2D eigenvalue weighted by molar-refractivity contribution is -0.122. The molecular formula is C17H15BrN2O2. The normalized spacial score (nSPS) is 11.4. The van der Waals surface area contributed by atoms with Crippen molar-refractivity contribution in [2.45, 2.75) is 20.0 Å². The zero-order valence-corrected chi connectivity index (χ0v) is 13.8. The minimum absolute atomic E-state index is 0.243. The molecule has 112 valence electrons. The average molecular weight is 359 g/mol. The number of nitrogens with zero attached hydrogens (tertiary/aromatic N) is 1. The lowest BCUT2D eigenvalue weighted by Crippen LogP contribution is -2.30. The van der Waals surface area contributed by atoms with Crippen LogP contribution in [0, 0.1) is 18.3 Å². The van der Waals surface area contributed by atoms with Gasteiger partial charge in [-0.2, -0.15) is 5.26 Å². The van der Waals surface area contributed by atoms with Gasteiger partial charge in [0, 0.05) is 10.2 Å². The SMILES string of the molecule is Cc1cc(Br)ccc1NC(=O)C(C)Oc1cccc(C#N)c1. The summed E-state index contributed by atoms with van der Waals surface area (Å²) in [6.45, 7) is 3.59. The molecule has 0 radical (unpaired) electrons. The van der Waals surface area contributed by atoms with Gasteiger partial charge in [0.2, 0.25) is 0 Å². The third-order valence-electron chi connectivity index (χ3n) is 3.09. The fourth-order valence-corrected chi connectivity index (χ4v) is 2.37. The fourth-order valence-electron chi connectivity index (χ4n) is 1.90. The highest BCUT2D eigenvalue weighted by molar-refractivity contribution is 9.10. The van der Waals surface area contributed by atoms with Crippen molar-refractivity contribution >= 4 is 27.5 Å². The third kappa shape index (κ3) is 4.09. The maximum atomic E-state index is 12.2. The van der Waals surface area contributed by atoms with Gasteiger partial charge < -0.3 is 10.1 Å². The Morgan fingerprint density at radius 2 is 2.09 bits per heavy atom. The maximum absolute atomic E-state index is 12.2. The minimum Gasteiger partial charge on any atom is -0.481 e. The quantitative estimate of drug-likeness (QED) is 0.896. The molecular weight excluding hydrogens is 344 g/mol. The van der Waals surface area contributed by atoms with Crippen molar-refractivity contribution in [1.29, 1.82) is 5.26 Å². The number of hydrogen-bond acceptors (Lipinski definition) is 3. The maximum Gasteiger partial charge on any atom is 0.265 e. The molecule has 1 unspecified atom stereocenters. The summed E-state index contributed by atoms with van der Waals surface area (Å²) in [6.07, 6.45) is -0.669. The molecule has 2 aromatic carbocycles. The van der Waals surface area contributed by atoms with Gasteiger partial charge in [-0.3, -0.25) is 4.79 Å². The number of benzene rings is 2. The van der Waals surface area contributed by atoms with Crippen LogP contribution in [0.1, 0.15) is 18.1 Å². The Bertz CT molecular complexity index is 738. The number of nitriles is 1. The van der Waals surface area contributed by atoms with Crippen LogP contribution >= 0.6 is 15.9 Å². The molecule has 0 saturated carbocycles. The number of carbonyl (C=O) groups excluding carboxylic acids is 1. The Kier molecular flexibility index (Phi) is 5.18. The molecule has 22 heavy (non-hydrogen) atoms. The molecule has 0 aliphatic carbocycles. The molecule has 0 aliphatic heterocycles. The number of rotatable bonds is 4. The summed E-state index contributed by atoms with van der Waals surface area (Å²) in [5.41, 5.74) is 2.20. The summed E-state index contributed by atoms with van der Waals surface area (Å²) in [4.78, 5) is 12.2. The Morgan fingerprint density at radius 3 is 2.77 bits per heavy atom. The summed E-state index contributed by atoms with van der Waals surface area (Å²) in [6, 6.07) is 14.4. The molecule has 0 bridgehead atoms. The van der Waals surface area contributed by atoms with E-state index in [4.69, 9.17) is 10.00 Å². The molecule has 0 aromatic heterocycles. The summed E-state index contributed by atoms with van der Waals surface area (Å²) in [5.74, 6) is 0.252. The largest absolute Gasteiger partial charge is 0.481 e. The molecule has 0 fully saturated rings. The highest BCUT2D eigenvalue weighted by atomic mass is 79.9. The monoisotopic (exact) mass is 358 g/mol. The van der Waals surface area contributed by atoms with Gasteiger partial charge >= 0.3 is 0 Å².